The van der Waals surface area contributed by atoms with Gasteiger partial charge >= 0.3 is 0 Å². The fraction of sp³-hybridized carbons (Fsp3) is 0.286. The Labute approximate surface area is 63.2 Å². The summed E-state index contributed by atoms with van der Waals surface area (Å²) in [5.41, 5.74) is 1.34. The summed E-state index contributed by atoms with van der Waals surface area (Å²) < 4.78 is 0. The molecular weight excluding hydrogens is 178 g/mol. The first kappa shape index (κ1) is 6.75. The molecule has 0 aliphatic rings. The molecule has 0 aliphatic heterocycles. The van der Waals surface area contributed by atoms with Crippen LogP contribution in [0, 0.1) is 0 Å². The molecule has 9 heavy (non-hydrogen) atoms. The van der Waals surface area contributed by atoms with E-state index in [1.165, 1.54) is 5.56 Å². The van der Waals surface area contributed by atoms with Gasteiger partial charge in [-0.2, -0.15) is 0 Å². The van der Waals surface area contributed by atoms with Gasteiger partial charge in [0.1, 0.15) is 0 Å². The molecule has 0 radical (unpaired) electrons. The fourth-order valence-electron chi connectivity index (χ4n) is 0.659. The topological polar surface area (TPSA) is 12.9 Å². The van der Waals surface area contributed by atoms with Crippen molar-refractivity contribution in [2.75, 3.05) is 5.33 Å². The summed E-state index contributed by atoms with van der Waals surface area (Å²) in [4.78, 5) is 3.91. The van der Waals surface area contributed by atoms with Crippen LogP contribution in [-0.4, -0.2) is 10.3 Å². The van der Waals surface area contributed by atoms with Gasteiger partial charge in [0.15, 0.2) is 0 Å². The summed E-state index contributed by atoms with van der Waals surface area (Å²) in [5.74, 6) is 0. The number of halogens is 1. The molecule has 1 aromatic rings. The second kappa shape index (κ2) is 3.62. The van der Waals surface area contributed by atoms with Crippen LogP contribution < -0.4 is 0 Å². The van der Waals surface area contributed by atoms with Crippen LogP contribution in [-0.2, 0) is 6.42 Å². The van der Waals surface area contributed by atoms with Crippen molar-refractivity contribution < 1.29 is 0 Å². The van der Waals surface area contributed by atoms with E-state index in [9.17, 15) is 0 Å². The van der Waals surface area contributed by atoms with Crippen LogP contribution in [0.2, 0.25) is 0 Å². The smallest absolute Gasteiger partial charge is 0.0270 e. The molecular formula is C7H8BrN. The Balaban J connectivity index is 2.61. The summed E-state index contributed by atoms with van der Waals surface area (Å²) in [6, 6.07) is 4.06. The summed E-state index contributed by atoms with van der Waals surface area (Å²) >= 11 is 3.37. The van der Waals surface area contributed by atoms with E-state index in [2.05, 4.69) is 20.9 Å². The second-order valence-corrected chi connectivity index (χ2v) is 2.59. The maximum atomic E-state index is 3.91. The van der Waals surface area contributed by atoms with Crippen molar-refractivity contribution in [2.24, 2.45) is 0 Å². The lowest BCUT2D eigenvalue weighted by Gasteiger charge is -1.92. The number of hydrogen-bond acceptors (Lipinski definition) is 1. The zero-order valence-corrected chi connectivity index (χ0v) is 6.63. The summed E-state index contributed by atoms with van der Waals surface area (Å²) in [7, 11) is 0. The average molecular weight is 186 g/mol. The predicted molar refractivity (Wildman–Crippen MR) is 41.7 cm³/mol. The van der Waals surface area contributed by atoms with Gasteiger partial charge in [-0.1, -0.05) is 15.9 Å². The third-order valence-corrected chi connectivity index (χ3v) is 1.53. The van der Waals surface area contributed by atoms with Crippen molar-refractivity contribution in [3.05, 3.63) is 30.1 Å². The Kier molecular flexibility index (Phi) is 2.71. The SMILES string of the molecule is BrCCc1ccncc1. The highest BCUT2D eigenvalue weighted by Gasteiger charge is 1.86. The lowest BCUT2D eigenvalue weighted by atomic mass is 10.2. The van der Waals surface area contributed by atoms with E-state index < -0.39 is 0 Å². The molecule has 0 saturated carbocycles. The maximum Gasteiger partial charge on any atom is 0.0270 e. The van der Waals surface area contributed by atoms with Crippen molar-refractivity contribution in [3.63, 3.8) is 0 Å². The molecule has 1 rings (SSSR count). The van der Waals surface area contributed by atoms with Crippen LogP contribution in [0.1, 0.15) is 5.56 Å². The highest BCUT2D eigenvalue weighted by Crippen LogP contribution is 1.98. The molecule has 0 amide bonds. The number of rotatable bonds is 2. The monoisotopic (exact) mass is 185 g/mol. The van der Waals surface area contributed by atoms with Crippen LogP contribution in [0.25, 0.3) is 0 Å². The molecule has 2 heteroatoms. The van der Waals surface area contributed by atoms with Crippen molar-refractivity contribution >= 4 is 15.9 Å². The molecule has 0 bridgehead atoms. The number of alkyl halides is 1. The first-order chi connectivity index (χ1) is 4.43. The van der Waals surface area contributed by atoms with Crippen molar-refractivity contribution in [1.82, 2.24) is 4.98 Å². The lowest BCUT2D eigenvalue weighted by molar-refractivity contribution is 1.14. The number of aryl methyl sites for hydroxylation is 1. The Morgan fingerprint density at radius 3 is 2.56 bits per heavy atom. The van der Waals surface area contributed by atoms with Gasteiger partial charge in [-0.15, -0.1) is 0 Å². The molecule has 0 atom stereocenters. The van der Waals surface area contributed by atoms with Gasteiger partial charge in [0, 0.05) is 17.7 Å². The Bertz CT molecular complexity index is 162. The minimum Gasteiger partial charge on any atom is -0.265 e. The Morgan fingerprint density at radius 1 is 1.33 bits per heavy atom. The molecule has 0 spiro atoms. The average Bonchev–Trinajstić information content (AvgIpc) is 1.91. The number of pyridine rings is 1. The minimum absolute atomic E-state index is 1.02. The molecule has 1 heterocycles. The largest absolute Gasteiger partial charge is 0.265 e. The van der Waals surface area contributed by atoms with Crippen LogP contribution >= 0.6 is 15.9 Å². The zero-order chi connectivity index (χ0) is 6.53. The minimum atomic E-state index is 1.02. The molecule has 0 N–H and O–H groups in total. The van der Waals surface area contributed by atoms with Crippen LogP contribution in [0.15, 0.2) is 24.5 Å². The molecule has 0 saturated heterocycles. The van der Waals surface area contributed by atoms with Gasteiger partial charge in [0.25, 0.3) is 0 Å². The van der Waals surface area contributed by atoms with E-state index >= 15 is 0 Å². The Hall–Kier alpha value is -0.370. The van der Waals surface area contributed by atoms with Gasteiger partial charge in [0.2, 0.25) is 0 Å². The molecule has 1 aromatic heterocycles. The Morgan fingerprint density at radius 2 is 2.00 bits per heavy atom. The number of hydrogen-bond donors (Lipinski definition) is 0. The first-order valence-corrected chi connectivity index (χ1v) is 4.00. The fourth-order valence-corrected chi connectivity index (χ4v) is 1.12. The highest BCUT2D eigenvalue weighted by atomic mass is 79.9. The van der Waals surface area contributed by atoms with E-state index in [4.69, 9.17) is 0 Å². The quantitative estimate of drug-likeness (QED) is 0.644. The third-order valence-electron chi connectivity index (χ3n) is 1.13. The van der Waals surface area contributed by atoms with Crippen LogP contribution in [0.4, 0.5) is 0 Å². The summed E-state index contributed by atoms with van der Waals surface area (Å²) in [5, 5.41) is 1.02. The van der Waals surface area contributed by atoms with Gasteiger partial charge < -0.3 is 0 Å². The second-order valence-electron chi connectivity index (χ2n) is 1.79. The van der Waals surface area contributed by atoms with E-state index in [1.54, 1.807) is 0 Å². The molecule has 48 valence electrons. The standard InChI is InChI=1S/C7H8BrN/c8-4-1-7-2-5-9-6-3-7/h2-3,5-6H,1,4H2. The molecule has 1 nitrogen and oxygen atoms in total. The van der Waals surface area contributed by atoms with Crippen molar-refractivity contribution in [3.8, 4) is 0 Å². The third kappa shape index (κ3) is 2.14. The van der Waals surface area contributed by atoms with Crippen molar-refractivity contribution in [1.29, 1.82) is 0 Å². The first-order valence-electron chi connectivity index (χ1n) is 2.88. The van der Waals surface area contributed by atoms with E-state index in [0.29, 0.717) is 0 Å². The number of nitrogens with zero attached hydrogens (tertiary/aromatic N) is 1. The molecule has 0 aromatic carbocycles. The van der Waals surface area contributed by atoms with Crippen LogP contribution in [0.3, 0.4) is 0 Å². The van der Waals surface area contributed by atoms with E-state index in [-0.39, 0.29) is 0 Å². The van der Waals surface area contributed by atoms with Crippen LogP contribution in [0.5, 0.6) is 0 Å². The normalized spacial score (nSPS) is 9.44. The van der Waals surface area contributed by atoms with Crippen molar-refractivity contribution in [2.45, 2.75) is 6.42 Å². The van der Waals surface area contributed by atoms with Gasteiger partial charge in [0.05, 0.1) is 0 Å². The maximum absolute atomic E-state index is 3.91. The zero-order valence-electron chi connectivity index (χ0n) is 5.05. The molecule has 0 aliphatic carbocycles. The van der Waals surface area contributed by atoms with E-state index in [1.807, 2.05) is 24.5 Å². The number of aromatic nitrogens is 1. The highest BCUT2D eigenvalue weighted by molar-refractivity contribution is 9.09. The predicted octanol–water partition coefficient (Wildman–Crippen LogP) is 2.02. The lowest BCUT2D eigenvalue weighted by Crippen LogP contribution is -1.83. The van der Waals surface area contributed by atoms with E-state index in [0.717, 1.165) is 11.8 Å². The van der Waals surface area contributed by atoms with Gasteiger partial charge in [-0.05, 0) is 24.1 Å². The molecule has 0 fully saturated rings. The molecule has 0 unspecified atom stereocenters. The van der Waals surface area contributed by atoms with Gasteiger partial charge in [-0.25, -0.2) is 0 Å². The summed E-state index contributed by atoms with van der Waals surface area (Å²) in [6.45, 7) is 0. The summed E-state index contributed by atoms with van der Waals surface area (Å²) in [6.07, 6.45) is 4.72. The van der Waals surface area contributed by atoms with Gasteiger partial charge in [-0.3, -0.25) is 4.98 Å².